The molecule has 0 unspecified atom stereocenters. The fourth-order valence-electron chi connectivity index (χ4n) is 17.1. The van der Waals surface area contributed by atoms with Crippen LogP contribution in [0.4, 0.5) is 0 Å². The van der Waals surface area contributed by atoms with Crippen molar-refractivity contribution in [2.24, 2.45) is 0 Å². The van der Waals surface area contributed by atoms with Crippen LogP contribution in [0.5, 0.6) is 0 Å². The van der Waals surface area contributed by atoms with Crippen molar-refractivity contribution in [2.75, 3.05) is 0 Å². The van der Waals surface area contributed by atoms with Crippen molar-refractivity contribution in [1.29, 1.82) is 0 Å². The molecule has 0 heteroatoms. The van der Waals surface area contributed by atoms with Crippen LogP contribution in [0.2, 0.25) is 0 Å². The number of fused-ring (bicyclic) bond motifs is 23. The summed E-state index contributed by atoms with van der Waals surface area (Å²) in [5.74, 6) is 0. The Morgan fingerprint density at radius 1 is 0.126 bits per heavy atom. The minimum Gasteiger partial charge on any atom is -0.0619 e. The molecule has 0 fully saturated rings. The van der Waals surface area contributed by atoms with Gasteiger partial charge >= 0.3 is 0 Å². The van der Waals surface area contributed by atoms with Crippen LogP contribution in [0.1, 0.15) is 66.8 Å². The Kier molecular flexibility index (Phi) is 10.1. The van der Waals surface area contributed by atoms with Crippen LogP contribution in [0, 0.1) is 0 Å². The number of hydrogen-bond acceptors (Lipinski definition) is 0. The van der Waals surface area contributed by atoms with Crippen molar-refractivity contribution in [3.8, 4) is 100 Å². The first-order valence-electron chi connectivity index (χ1n) is 30.6. The summed E-state index contributed by atoms with van der Waals surface area (Å²) in [4.78, 5) is 0. The Bertz CT molecular complexity index is 5030. The maximum atomic E-state index is 2.48. The molecule has 0 N–H and O–H groups in total. The molecule has 0 radical (unpaired) electrons. The van der Waals surface area contributed by atoms with E-state index in [1.807, 2.05) is 0 Å². The molecule has 5 aliphatic rings. The Morgan fingerprint density at radius 2 is 0.333 bits per heavy atom. The number of hydrogen-bond donors (Lipinski definition) is 0. The van der Waals surface area contributed by atoms with Crippen molar-refractivity contribution in [1.82, 2.24) is 0 Å². The average molecular weight is 1100 g/mol. The third kappa shape index (κ3) is 6.36. The lowest BCUT2D eigenvalue weighted by atomic mass is 9.67. The Morgan fingerprint density at radius 3 is 0.667 bits per heavy atom. The van der Waals surface area contributed by atoms with Gasteiger partial charge in [0.15, 0.2) is 0 Å². The van der Waals surface area contributed by atoms with Crippen molar-refractivity contribution in [3.63, 3.8) is 0 Å². The summed E-state index contributed by atoms with van der Waals surface area (Å²) in [6, 6.07) is 124. The van der Waals surface area contributed by atoms with E-state index in [9.17, 15) is 0 Å². The van der Waals surface area contributed by atoms with E-state index in [1.165, 1.54) is 167 Å². The molecule has 0 bridgehead atoms. The first-order chi connectivity index (χ1) is 43.1. The zero-order valence-corrected chi connectivity index (χ0v) is 47.7. The van der Waals surface area contributed by atoms with E-state index in [1.54, 1.807) is 0 Å². The van der Waals surface area contributed by atoms with Crippen molar-refractivity contribution >= 4 is 0 Å². The van der Waals surface area contributed by atoms with Gasteiger partial charge in [0.05, 0.1) is 16.2 Å². The second kappa shape index (κ2) is 18.1. The summed E-state index contributed by atoms with van der Waals surface area (Å²) in [7, 11) is 0. The first kappa shape index (κ1) is 48.5. The summed E-state index contributed by atoms with van der Waals surface area (Å²) >= 11 is 0. The van der Waals surface area contributed by atoms with E-state index >= 15 is 0 Å². The zero-order chi connectivity index (χ0) is 57.0. The molecule has 0 nitrogen and oxygen atoms in total. The first-order valence-corrected chi connectivity index (χ1v) is 30.6. The van der Waals surface area contributed by atoms with Crippen LogP contribution in [0.25, 0.3) is 100 Å². The van der Waals surface area contributed by atoms with Gasteiger partial charge in [-0.15, -0.1) is 0 Å². The van der Waals surface area contributed by atoms with Crippen LogP contribution in [-0.4, -0.2) is 0 Å². The molecule has 0 atom stereocenters. The zero-order valence-electron chi connectivity index (χ0n) is 47.7. The molecule has 0 aromatic heterocycles. The molecular weight excluding hydrogens is 1040 g/mol. The summed E-state index contributed by atoms with van der Waals surface area (Å²) in [6.45, 7) is 0. The molecule has 0 saturated heterocycles. The predicted molar refractivity (Wildman–Crippen MR) is 358 cm³/mol. The Labute approximate surface area is 507 Å². The lowest BCUT2D eigenvalue weighted by molar-refractivity contribution is 0.769. The predicted octanol–water partition coefficient (Wildman–Crippen LogP) is 21.4. The summed E-state index contributed by atoms with van der Waals surface area (Å²) in [6.07, 6.45) is 0. The third-order valence-corrected chi connectivity index (χ3v) is 20.7. The van der Waals surface area contributed by atoms with Crippen LogP contribution in [0.3, 0.4) is 0 Å². The van der Waals surface area contributed by atoms with E-state index < -0.39 is 5.41 Å². The van der Waals surface area contributed by atoms with Gasteiger partial charge in [-0.25, -0.2) is 0 Å². The van der Waals surface area contributed by atoms with Crippen LogP contribution in [-0.2, 0) is 16.2 Å². The summed E-state index contributed by atoms with van der Waals surface area (Å²) in [5.41, 5.74) is 37.7. The van der Waals surface area contributed by atoms with Crippen molar-refractivity contribution < 1.29 is 0 Å². The monoisotopic (exact) mass is 1100 g/mol. The molecule has 0 heterocycles. The molecule has 14 aromatic carbocycles. The van der Waals surface area contributed by atoms with Gasteiger partial charge in [-0.1, -0.05) is 315 Å². The Balaban J connectivity index is 0.648. The molecule has 19 rings (SSSR count). The van der Waals surface area contributed by atoms with Gasteiger partial charge in [-0.3, -0.25) is 0 Å². The standard InChI is InChI=1S/C87H54/c1-9-25-75-65(17-1)66-18-2-10-26-76(66)85(75,63-47-41-57(42-48-63)55-33-37-59(38-34-55)61-46-52-83-74(53-61)72-24-8-16-32-82(72)86(83)77-27-11-3-19-67(77)68-20-4-12-28-78(68)86)64-49-43-58(44-50-64)56-35-39-60(40-36-56)62-45-51-73-71-23-7-15-31-81(71)87(84(73)54-62)79-29-13-5-21-69(79)70-22-6-14-30-80(70)87/h1-54H. The van der Waals surface area contributed by atoms with Gasteiger partial charge in [0.2, 0.25) is 0 Å². The second-order valence-electron chi connectivity index (χ2n) is 24.4. The maximum absolute atomic E-state index is 2.48. The highest BCUT2D eigenvalue weighted by molar-refractivity contribution is 5.98. The SMILES string of the molecule is c1ccc2c(c1)-c1ccccc1C2(c1ccc(-c2ccc(-c3ccc4c(c3)-c3ccccc3C43c4ccccc4-c4ccccc43)cc2)cc1)c1ccc(-c2ccc(-c3ccc4c(c3)C3(c5ccccc5-c5ccccc53)c3ccccc3-4)cc2)cc1. The smallest absolute Gasteiger partial charge is 0.0619 e. The van der Waals surface area contributed by atoms with Gasteiger partial charge in [0.1, 0.15) is 0 Å². The quantitative estimate of drug-likeness (QED) is 0.156. The molecular formula is C87H54. The molecule has 14 aromatic rings. The van der Waals surface area contributed by atoms with E-state index in [4.69, 9.17) is 0 Å². The highest BCUT2D eigenvalue weighted by atomic mass is 14.5. The lowest BCUT2D eigenvalue weighted by Crippen LogP contribution is -2.28. The minimum absolute atomic E-state index is 0.338. The van der Waals surface area contributed by atoms with Gasteiger partial charge < -0.3 is 0 Å². The van der Waals surface area contributed by atoms with E-state index in [0.717, 1.165) is 0 Å². The molecule has 0 saturated carbocycles. The molecule has 5 aliphatic carbocycles. The summed E-state index contributed by atoms with van der Waals surface area (Å²) < 4.78 is 0. The van der Waals surface area contributed by atoms with Crippen molar-refractivity contribution in [3.05, 3.63) is 394 Å². The van der Waals surface area contributed by atoms with Gasteiger partial charge in [-0.2, -0.15) is 0 Å². The van der Waals surface area contributed by atoms with Crippen molar-refractivity contribution in [2.45, 2.75) is 16.2 Å². The Hall–Kier alpha value is -10.9. The normalized spacial score (nSPS) is 14.5. The van der Waals surface area contributed by atoms with E-state index in [2.05, 4.69) is 328 Å². The average Bonchev–Trinajstić information content (AvgIpc) is 1.55. The molecule has 0 amide bonds. The summed E-state index contributed by atoms with van der Waals surface area (Å²) in [5, 5.41) is 0. The molecule has 87 heavy (non-hydrogen) atoms. The van der Waals surface area contributed by atoms with Gasteiger partial charge in [0, 0.05) is 0 Å². The van der Waals surface area contributed by atoms with Gasteiger partial charge in [0.25, 0.3) is 0 Å². The fraction of sp³-hybridized carbons (Fsp3) is 0.0345. The highest BCUT2D eigenvalue weighted by Crippen LogP contribution is 2.65. The van der Waals surface area contributed by atoms with Crippen LogP contribution < -0.4 is 0 Å². The number of rotatable bonds is 6. The molecule has 2 spiro atoms. The largest absolute Gasteiger partial charge is 0.0725 e. The highest BCUT2D eigenvalue weighted by Gasteiger charge is 2.53. The van der Waals surface area contributed by atoms with Crippen LogP contribution in [0.15, 0.2) is 328 Å². The molecule has 0 aliphatic heterocycles. The van der Waals surface area contributed by atoms with E-state index in [-0.39, 0.29) is 10.8 Å². The minimum atomic E-state index is -0.518. The third-order valence-electron chi connectivity index (χ3n) is 20.7. The fourth-order valence-corrected chi connectivity index (χ4v) is 17.1. The maximum Gasteiger partial charge on any atom is 0.0725 e. The second-order valence-corrected chi connectivity index (χ2v) is 24.4. The lowest BCUT2D eigenvalue weighted by Gasteiger charge is -2.34. The van der Waals surface area contributed by atoms with Gasteiger partial charge in [-0.05, 0) is 179 Å². The molecule has 402 valence electrons. The topological polar surface area (TPSA) is 0 Å². The number of benzene rings is 14. The van der Waals surface area contributed by atoms with E-state index in [0.29, 0.717) is 0 Å². The van der Waals surface area contributed by atoms with Crippen LogP contribution >= 0.6 is 0 Å².